The highest BCUT2D eigenvalue weighted by molar-refractivity contribution is 4.90. The number of hydrogen-bond donors (Lipinski definition) is 1. The summed E-state index contributed by atoms with van der Waals surface area (Å²) in [5.41, 5.74) is 6.07. The highest BCUT2D eigenvalue weighted by Crippen LogP contribution is 2.38. The summed E-state index contributed by atoms with van der Waals surface area (Å²) in [4.78, 5) is 0. The van der Waals surface area contributed by atoms with E-state index < -0.39 is 0 Å². The fourth-order valence-electron chi connectivity index (χ4n) is 4.03. The first kappa shape index (κ1) is 14.3. The molecule has 2 rings (SSSR count). The van der Waals surface area contributed by atoms with E-state index in [1.54, 1.807) is 0 Å². The van der Waals surface area contributed by atoms with Gasteiger partial charge in [-0.15, -0.1) is 0 Å². The maximum Gasteiger partial charge on any atom is 0.0810 e. The van der Waals surface area contributed by atoms with E-state index in [2.05, 4.69) is 13.8 Å². The molecule has 2 heteroatoms. The second-order valence-corrected chi connectivity index (χ2v) is 6.77. The highest BCUT2D eigenvalue weighted by Gasteiger charge is 2.37. The molecule has 2 N–H and O–H groups in total. The first-order chi connectivity index (χ1) is 8.67. The zero-order valence-corrected chi connectivity index (χ0v) is 12.3. The van der Waals surface area contributed by atoms with E-state index in [9.17, 15) is 0 Å². The van der Waals surface area contributed by atoms with Gasteiger partial charge in [-0.2, -0.15) is 0 Å². The Morgan fingerprint density at radius 2 is 2.06 bits per heavy atom. The van der Waals surface area contributed by atoms with Gasteiger partial charge >= 0.3 is 0 Å². The van der Waals surface area contributed by atoms with Crippen molar-refractivity contribution in [2.24, 2.45) is 17.6 Å². The lowest BCUT2D eigenvalue weighted by Crippen LogP contribution is -2.47. The molecule has 2 fully saturated rings. The molecule has 2 saturated carbocycles. The fraction of sp³-hybridized carbons (Fsp3) is 1.00. The van der Waals surface area contributed by atoms with Crippen molar-refractivity contribution in [2.45, 2.75) is 83.3 Å². The van der Waals surface area contributed by atoms with Crippen molar-refractivity contribution in [1.82, 2.24) is 0 Å². The molecular formula is C16H31NO. The summed E-state index contributed by atoms with van der Waals surface area (Å²) in [5.74, 6) is 1.67. The average molecular weight is 253 g/mol. The Morgan fingerprint density at radius 3 is 2.72 bits per heavy atom. The number of rotatable bonds is 4. The normalized spacial score (nSPS) is 41.8. The second-order valence-electron chi connectivity index (χ2n) is 6.77. The first-order valence-corrected chi connectivity index (χ1v) is 8.05. The maximum absolute atomic E-state index is 6.55. The minimum Gasteiger partial charge on any atom is -0.370 e. The van der Waals surface area contributed by atoms with Gasteiger partial charge in [-0.3, -0.25) is 0 Å². The van der Waals surface area contributed by atoms with Crippen LogP contribution >= 0.6 is 0 Å². The van der Waals surface area contributed by atoms with Crippen molar-refractivity contribution in [3.63, 3.8) is 0 Å². The number of nitrogens with two attached hydrogens (primary N) is 1. The lowest BCUT2D eigenvalue weighted by atomic mass is 9.78. The van der Waals surface area contributed by atoms with Gasteiger partial charge in [0.05, 0.1) is 11.7 Å². The molecule has 2 aliphatic rings. The lowest BCUT2D eigenvalue weighted by molar-refractivity contribution is -0.131. The minimum absolute atomic E-state index is 0.0119. The van der Waals surface area contributed by atoms with Crippen molar-refractivity contribution in [2.75, 3.05) is 6.54 Å². The molecule has 0 amide bonds. The predicted octanol–water partition coefficient (Wildman–Crippen LogP) is 3.88. The standard InChI is InChI=1S/C16H31NO/c1-3-14-7-4-8-15(10-14)18-16(12-17)9-5-6-13(2)11-16/h13-15H,3-12,17H2,1-2H3. The van der Waals surface area contributed by atoms with Gasteiger partial charge in [-0.05, 0) is 37.5 Å². The van der Waals surface area contributed by atoms with E-state index in [0.717, 1.165) is 11.8 Å². The van der Waals surface area contributed by atoms with E-state index in [4.69, 9.17) is 10.5 Å². The Morgan fingerprint density at radius 1 is 1.22 bits per heavy atom. The van der Waals surface area contributed by atoms with E-state index in [1.807, 2.05) is 0 Å². The van der Waals surface area contributed by atoms with E-state index in [1.165, 1.54) is 57.8 Å². The molecule has 0 aromatic carbocycles. The third-order valence-corrected chi connectivity index (χ3v) is 5.15. The molecule has 2 aliphatic carbocycles. The minimum atomic E-state index is 0.0119. The molecule has 0 saturated heterocycles. The number of hydrogen-bond acceptors (Lipinski definition) is 2. The van der Waals surface area contributed by atoms with E-state index in [0.29, 0.717) is 12.6 Å². The molecule has 0 spiro atoms. The van der Waals surface area contributed by atoms with Crippen LogP contribution < -0.4 is 5.73 Å². The molecule has 2 nitrogen and oxygen atoms in total. The highest BCUT2D eigenvalue weighted by atomic mass is 16.5. The van der Waals surface area contributed by atoms with Crippen LogP contribution in [-0.4, -0.2) is 18.2 Å². The van der Waals surface area contributed by atoms with Crippen LogP contribution in [0.5, 0.6) is 0 Å². The molecule has 4 atom stereocenters. The molecule has 0 radical (unpaired) electrons. The van der Waals surface area contributed by atoms with Crippen LogP contribution in [0.3, 0.4) is 0 Å². The van der Waals surface area contributed by atoms with Crippen LogP contribution in [0, 0.1) is 11.8 Å². The van der Waals surface area contributed by atoms with E-state index in [-0.39, 0.29) is 5.60 Å². The van der Waals surface area contributed by atoms with Gasteiger partial charge in [0.25, 0.3) is 0 Å². The molecule has 0 heterocycles. The zero-order chi connectivity index (χ0) is 13.0. The molecule has 0 aliphatic heterocycles. The summed E-state index contributed by atoms with van der Waals surface area (Å²) < 4.78 is 6.55. The van der Waals surface area contributed by atoms with Crippen molar-refractivity contribution in [1.29, 1.82) is 0 Å². The number of ether oxygens (including phenoxy) is 1. The van der Waals surface area contributed by atoms with Gasteiger partial charge in [-0.25, -0.2) is 0 Å². The fourth-order valence-corrected chi connectivity index (χ4v) is 4.03. The van der Waals surface area contributed by atoms with Crippen molar-refractivity contribution in [3.8, 4) is 0 Å². The lowest BCUT2D eigenvalue weighted by Gasteiger charge is -2.43. The van der Waals surface area contributed by atoms with Gasteiger partial charge in [-0.1, -0.05) is 46.0 Å². The monoisotopic (exact) mass is 253 g/mol. The van der Waals surface area contributed by atoms with Crippen LogP contribution in [0.25, 0.3) is 0 Å². The van der Waals surface area contributed by atoms with Crippen LogP contribution in [0.4, 0.5) is 0 Å². The molecular weight excluding hydrogens is 222 g/mol. The average Bonchev–Trinajstić information content (AvgIpc) is 2.39. The Labute approximate surface area is 113 Å². The maximum atomic E-state index is 6.55. The SMILES string of the molecule is CCC1CCCC(OC2(CN)CCCC(C)C2)C1. The van der Waals surface area contributed by atoms with Crippen molar-refractivity contribution in [3.05, 3.63) is 0 Å². The predicted molar refractivity (Wildman–Crippen MR) is 76.5 cm³/mol. The molecule has 0 aromatic rings. The Kier molecular flexibility index (Phi) is 5.08. The van der Waals surface area contributed by atoms with Crippen LogP contribution in [0.15, 0.2) is 0 Å². The van der Waals surface area contributed by atoms with Gasteiger partial charge < -0.3 is 10.5 Å². The summed E-state index contributed by atoms with van der Waals surface area (Å²) in [5, 5.41) is 0. The van der Waals surface area contributed by atoms with Gasteiger partial charge in [0.15, 0.2) is 0 Å². The van der Waals surface area contributed by atoms with Gasteiger partial charge in [0.2, 0.25) is 0 Å². The molecule has 106 valence electrons. The van der Waals surface area contributed by atoms with Gasteiger partial charge in [0.1, 0.15) is 0 Å². The third kappa shape index (κ3) is 3.48. The second kappa shape index (κ2) is 6.38. The quantitative estimate of drug-likeness (QED) is 0.825. The van der Waals surface area contributed by atoms with Crippen LogP contribution in [0.1, 0.15) is 71.6 Å². The first-order valence-electron chi connectivity index (χ1n) is 8.05. The summed E-state index contributed by atoms with van der Waals surface area (Å²) in [6, 6.07) is 0. The summed E-state index contributed by atoms with van der Waals surface area (Å²) in [6.45, 7) is 5.38. The largest absolute Gasteiger partial charge is 0.370 e. The zero-order valence-electron chi connectivity index (χ0n) is 12.3. The smallest absolute Gasteiger partial charge is 0.0810 e. The molecule has 0 bridgehead atoms. The van der Waals surface area contributed by atoms with Crippen LogP contribution in [0.2, 0.25) is 0 Å². The summed E-state index contributed by atoms with van der Waals surface area (Å²) in [6.07, 6.45) is 12.1. The Bertz CT molecular complexity index is 255. The molecule has 4 unspecified atom stereocenters. The molecule has 0 aromatic heterocycles. The topological polar surface area (TPSA) is 35.2 Å². The summed E-state index contributed by atoms with van der Waals surface area (Å²) in [7, 11) is 0. The third-order valence-electron chi connectivity index (χ3n) is 5.15. The van der Waals surface area contributed by atoms with Crippen molar-refractivity contribution < 1.29 is 4.74 Å². The Hall–Kier alpha value is -0.0800. The van der Waals surface area contributed by atoms with Gasteiger partial charge in [0, 0.05) is 6.54 Å². The van der Waals surface area contributed by atoms with Crippen LogP contribution in [-0.2, 0) is 4.74 Å². The summed E-state index contributed by atoms with van der Waals surface area (Å²) >= 11 is 0. The molecule has 18 heavy (non-hydrogen) atoms. The Balaban J connectivity index is 1.92. The van der Waals surface area contributed by atoms with E-state index >= 15 is 0 Å². The van der Waals surface area contributed by atoms with Crippen molar-refractivity contribution >= 4 is 0 Å².